The van der Waals surface area contributed by atoms with Crippen molar-refractivity contribution < 1.29 is 9.26 Å². The van der Waals surface area contributed by atoms with Crippen LogP contribution in [0.1, 0.15) is 31.1 Å². The minimum atomic E-state index is 0.418. The maximum atomic E-state index is 5.38. The molecule has 1 aliphatic carbocycles. The van der Waals surface area contributed by atoms with E-state index in [1.807, 2.05) is 6.33 Å². The number of hydrogen-bond donors (Lipinski definition) is 0. The molecule has 0 radical (unpaired) electrons. The fraction of sp³-hybridized carbons (Fsp3) is 0.471. The highest BCUT2D eigenvalue weighted by molar-refractivity contribution is 5.47. The summed E-state index contributed by atoms with van der Waals surface area (Å²) in [6.07, 6.45) is 3.92. The first kappa shape index (κ1) is 15.7. The van der Waals surface area contributed by atoms with Crippen LogP contribution in [-0.4, -0.2) is 37.0 Å². The molecule has 0 spiro atoms. The lowest BCUT2D eigenvalue weighted by Gasteiger charge is -2.25. The highest BCUT2D eigenvalue weighted by Gasteiger charge is 2.26. The van der Waals surface area contributed by atoms with Crippen LogP contribution in [0.2, 0.25) is 0 Å². The molecule has 0 amide bonds. The molecular weight excluding hydrogens is 320 g/mol. The fourth-order valence-electron chi connectivity index (χ4n) is 3.12. The van der Waals surface area contributed by atoms with E-state index >= 15 is 0 Å². The van der Waals surface area contributed by atoms with Crippen LogP contribution in [-0.2, 0) is 19.4 Å². The van der Waals surface area contributed by atoms with Crippen molar-refractivity contribution in [2.24, 2.45) is 11.8 Å². The summed E-state index contributed by atoms with van der Waals surface area (Å²) in [5.74, 6) is 2.70. The number of fused-ring (bicyclic) bond motifs is 1. The molecule has 8 nitrogen and oxygen atoms in total. The number of rotatable bonds is 4. The minimum absolute atomic E-state index is 0.418. The third-order valence-electron chi connectivity index (χ3n) is 4.89. The molecule has 0 aromatic carbocycles. The molecule has 0 saturated carbocycles. The summed E-state index contributed by atoms with van der Waals surface area (Å²) < 4.78 is 12.5. The maximum Gasteiger partial charge on any atom is 0.246 e. The first-order chi connectivity index (χ1) is 12.1. The van der Waals surface area contributed by atoms with Gasteiger partial charge in [-0.3, -0.25) is 0 Å². The second-order valence-electron chi connectivity index (χ2n) is 6.60. The number of methoxy groups -OCH3 is 1. The highest BCUT2D eigenvalue weighted by Crippen LogP contribution is 2.29. The highest BCUT2D eigenvalue weighted by atomic mass is 16.5. The lowest BCUT2D eigenvalue weighted by Crippen LogP contribution is -2.22. The summed E-state index contributed by atoms with van der Waals surface area (Å²) in [6, 6.07) is 3.47. The van der Waals surface area contributed by atoms with Crippen molar-refractivity contribution >= 4 is 0 Å². The van der Waals surface area contributed by atoms with Gasteiger partial charge in [-0.25, -0.2) is 4.98 Å². The molecule has 3 heterocycles. The molecule has 4 rings (SSSR count). The van der Waals surface area contributed by atoms with E-state index in [2.05, 4.69) is 43.7 Å². The van der Waals surface area contributed by atoms with Crippen LogP contribution in [0.5, 0.6) is 5.88 Å². The van der Waals surface area contributed by atoms with Crippen LogP contribution >= 0.6 is 0 Å². The Morgan fingerprint density at radius 3 is 2.80 bits per heavy atom. The van der Waals surface area contributed by atoms with Crippen molar-refractivity contribution in [3.05, 3.63) is 35.7 Å². The molecule has 0 unspecified atom stereocenters. The molecular formula is C17H20N6O2. The van der Waals surface area contributed by atoms with Crippen LogP contribution in [0.3, 0.4) is 0 Å². The van der Waals surface area contributed by atoms with Gasteiger partial charge in [-0.2, -0.15) is 4.98 Å². The van der Waals surface area contributed by atoms with E-state index in [0.29, 0.717) is 41.7 Å². The van der Waals surface area contributed by atoms with Crippen molar-refractivity contribution in [3.8, 4) is 17.4 Å². The second-order valence-corrected chi connectivity index (χ2v) is 6.60. The SMILES string of the molecule is COc1ccc(-c2noc(Cn3cnc4c3C[C@H](C)[C@@H](C)C4)n2)nn1. The lowest BCUT2D eigenvalue weighted by molar-refractivity contribution is 0.341. The predicted octanol–water partition coefficient (Wildman–Crippen LogP) is 2.15. The van der Waals surface area contributed by atoms with Crippen LogP contribution in [0.4, 0.5) is 0 Å². The van der Waals surface area contributed by atoms with Crippen molar-refractivity contribution in [1.82, 2.24) is 29.9 Å². The Kier molecular flexibility index (Phi) is 3.95. The molecule has 130 valence electrons. The topological polar surface area (TPSA) is 91.8 Å². The first-order valence-electron chi connectivity index (χ1n) is 8.37. The van der Waals surface area contributed by atoms with E-state index in [1.165, 1.54) is 11.4 Å². The molecule has 0 bridgehead atoms. The Hall–Kier alpha value is -2.77. The Morgan fingerprint density at radius 2 is 2.04 bits per heavy atom. The zero-order chi connectivity index (χ0) is 17.4. The van der Waals surface area contributed by atoms with Gasteiger partial charge < -0.3 is 13.8 Å². The third kappa shape index (κ3) is 2.99. The molecule has 0 saturated heterocycles. The summed E-state index contributed by atoms with van der Waals surface area (Å²) in [5, 5.41) is 12.0. The van der Waals surface area contributed by atoms with Crippen molar-refractivity contribution in [2.45, 2.75) is 33.2 Å². The largest absolute Gasteiger partial charge is 0.480 e. The van der Waals surface area contributed by atoms with Crippen molar-refractivity contribution in [1.29, 1.82) is 0 Å². The van der Waals surface area contributed by atoms with Crippen LogP contribution < -0.4 is 4.74 Å². The Labute approximate surface area is 145 Å². The Morgan fingerprint density at radius 1 is 1.20 bits per heavy atom. The van der Waals surface area contributed by atoms with Gasteiger partial charge in [0, 0.05) is 11.8 Å². The van der Waals surface area contributed by atoms with E-state index in [9.17, 15) is 0 Å². The summed E-state index contributed by atoms with van der Waals surface area (Å²) in [7, 11) is 1.55. The first-order valence-corrected chi connectivity index (χ1v) is 8.37. The smallest absolute Gasteiger partial charge is 0.246 e. The molecule has 3 aromatic rings. The van der Waals surface area contributed by atoms with E-state index < -0.39 is 0 Å². The van der Waals surface area contributed by atoms with Gasteiger partial charge in [-0.05, 0) is 30.7 Å². The maximum absolute atomic E-state index is 5.38. The van der Waals surface area contributed by atoms with Gasteiger partial charge in [-0.15, -0.1) is 10.2 Å². The molecule has 1 aliphatic rings. The monoisotopic (exact) mass is 340 g/mol. The van der Waals surface area contributed by atoms with Crippen LogP contribution in [0.15, 0.2) is 23.0 Å². The third-order valence-corrected chi connectivity index (χ3v) is 4.89. The van der Waals surface area contributed by atoms with Gasteiger partial charge in [0.2, 0.25) is 17.6 Å². The lowest BCUT2D eigenvalue weighted by atomic mass is 9.82. The van der Waals surface area contributed by atoms with E-state index in [4.69, 9.17) is 9.26 Å². The molecule has 3 aromatic heterocycles. The summed E-state index contributed by atoms with van der Waals surface area (Å²) in [5.41, 5.74) is 3.01. The Balaban J connectivity index is 1.54. The van der Waals surface area contributed by atoms with Gasteiger partial charge in [-0.1, -0.05) is 19.0 Å². The van der Waals surface area contributed by atoms with Gasteiger partial charge in [0.25, 0.3) is 0 Å². The van der Waals surface area contributed by atoms with Crippen LogP contribution in [0.25, 0.3) is 11.5 Å². The molecule has 8 heteroatoms. The predicted molar refractivity (Wildman–Crippen MR) is 88.9 cm³/mol. The van der Waals surface area contributed by atoms with Gasteiger partial charge in [0.05, 0.1) is 19.1 Å². The van der Waals surface area contributed by atoms with Gasteiger partial charge in [0.15, 0.2) is 0 Å². The summed E-state index contributed by atoms with van der Waals surface area (Å²) in [4.78, 5) is 8.98. The standard InChI is InChI=1S/C17H20N6O2/c1-10-6-13-14(7-11(10)2)23(9-18-13)8-16-19-17(22-25-16)12-4-5-15(24-3)21-20-12/h4-5,9-11H,6-8H2,1-3H3/t10-,11-/m0/s1. The zero-order valence-electron chi connectivity index (χ0n) is 14.5. The van der Waals surface area contributed by atoms with Crippen molar-refractivity contribution in [3.63, 3.8) is 0 Å². The number of imidazole rings is 1. The molecule has 0 aliphatic heterocycles. The molecule has 0 N–H and O–H groups in total. The van der Waals surface area contributed by atoms with Crippen LogP contribution in [0, 0.1) is 11.8 Å². The number of aromatic nitrogens is 6. The zero-order valence-corrected chi connectivity index (χ0v) is 14.5. The number of ether oxygens (including phenoxy) is 1. The number of hydrogen-bond acceptors (Lipinski definition) is 7. The minimum Gasteiger partial charge on any atom is -0.480 e. The summed E-state index contributed by atoms with van der Waals surface area (Å²) in [6.45, 7) is 5.09. The van der Waals surface area contributed by atoms with E-state index in [1.54, 1.807) is 19.2 Å². The molecule has 25 heavy (non-hydrogen) atoms. The van der Waals surface area contributed by atoms with E-state index in [-0.39, 0.29) is 0 Å². The average Bonchev–Trinajstić information content (AvgIpc) is 3.24. The van der Waals surface area contributed by atoms with E-state index in [0.717, 1.165) is 12.8 Å². The quantitative estimate of drug-likeness (QED) is 0.718. The molecule has 2 atom stereocenters. The Bertz CT molecular complexity index is 870. The fourth-order valence-corrected chi connectivity index (χ4v) is 3.12. The van der Waals surface area contributed by atoms with Crippen molar-refractivity contribution in [2.75, 3.05) is 7.11 Å². The molecule has 0 fully saturated rings. The van der Waals surface area contributed by atoms with Gasteiger partial charge >= 0.3 is 0 Å². The van der Waals surface area contributed by atoms with Gasteiger partial charge in [0.1, 0.15) is 12.2 Å². The number of nitrogens with zero attached hydrogens (tertiary/aromatic N) is 6. The average molecular weight is 340 g/mol. The summed E-state index contributed by atoms with van der Waals surface area (Å²) >= 11 is 0. The normalized spacial score (nSPS) is 19.6. The second kappa shape index (κ2) is 6.27.